The van der Waals surface area contributed by atoms with Gasteiger partial charge in [-0.2, -0.15) is 11.8 Å². The quantitative estimate of drug-likeness (QED) is 0.928. The highest BCUT2D eigenvalue weighted by Crippen LogP contribution is 2.33. The van der Waals surface area contributed by atoms with Crippen molar-refractivity contribution in [2.75, 3.05) is 29.5 Å². The predicted molar refractivity (Wildman–Crippen MR) is 82.9 cm³/mol. The molecule has 2 N–H and O–H groups in total. The van der Waals surface area contributed by atoms with Crippen molar-refractivity contribution in [1.29, 1.82) is 0 Å². The number of nitrogens with zero attached hydrogens (tertiary/aromatic N) is 1. The van der Waals surface area contributed by atoms with Crippen LogP contribution in [0.1, 0.15) is 12.0 Å². The minimum absolute atomic E-state index is 0.00647. The molecule has 1 atom stereocenters. The second-order valence-corrected chi connectivity index (χ2v) is 6.34. The van der Waals surface area contributed by atoms with E-state index in [2.05, 4.69) is 0 Å². The Morgan fingerprint density at radius 3 is 2.64 bits per heavy atom. The van der Waals surface area contributed by atoms with Crippen LogP contribution in [0, 0.1) is 11.6 Å². The van der Waals surface area contributed by atoms with Crippen LogP contribution in [0.15, 0.2) is 18.2 Å². The van der Waals surface area contributed by atoms with E-state index in [1.54, 1.807) is 11.8 Å². The summed E-state index contributed by atoms with van der Waals surface area (Å²) in [5.74, 6) is 0.296. The molecule has 1 amide bonds. The number of benzene rings is 1. The van der Waals surface area contributed by atoms with Crippen molar-refractivity contribution in [3.63, 3.8) is 0 Å². The first kappa shape index (κ1) is 15.3. The topological polar surface area (TPSA) is 55.6 Å². The lowest BCUT2D eigenvalue weighted by molar-refractivity contribution is 0.145. The van der Waals surface area contributed by atoms with Crippen LogP contribution in [-0.2, 0) is 4.74 Å². The number of halogens is 2. The first-order chi connectivity index (χ1) is 10.6. The predicted octanol–water partition coefficient (Wildman–Crippen LogP) is 2.77. The summed E-state index contributed by atoms with van der Waals surface area (Å²) >= 11 is 1.73. The van der Waals surface area contributed by atoms with E-state index < -0.39 is 23.8 Å². The molecule has 1 aromatic carbocycles. The van der Waals surface area contributed by atoms with Crippen molar-refractivity contribution in [2.45, 2.75) is 12.5 Å². The molecule has 2 heterocycles. The number of rotatable bonds is 3. The average Bonchev–Trinajstić information content (AvgIpc) is 2.89. The molecule has 2 aliphatic heterocycles. The lowest BCUT2D eigenvalue weighted by Crippen LogP contribution is -2.27. The number of hydrogen-bond donors (Lipinski definition) is 1. The number of cyclic esters (lactones) is 1. The number of ether oxygens (including phenoxy) is 1. The van der Waals surface area contributed by atoms with Gasteiger partial charge in [0.2, 0.25) is 0 Å². The van der Waals surface area contributed by atoms with Crippen LogP contribution in [0.3, 0.4) is 0 Å². The van der Waals surface area contributed by atoms with Gasteiger partial charge < -0.3 is 10.5 Å². The second-order valence-electron chi connectivity index (χ2n) is 5.19. The molecule has 1 saturated heterocycles. The Balaban J connectivity index is 1.93. The summed E-state index contributed by atoms with van der Waals surface area (Å²) in [6, 6.07) is 2.36. The molecule has 4 nitrogen and oxygen atoms in total. The van der Waals surface area contributed by atoms with Gasteiger partial charge in [-0.05, 0) is 29.9 Å². The number of anilines is 1. The first-order valence-electron chi connectivity index (χ1n) is 7.04. The lowest BCUT2D eigenvalue weighted by atomic mass is 10.0. The van der Waals surface area contributed by atoms with E-state index in [1.165, 1.54) is 17.0 Å². The molecule has 7 heteroatoms. The van der Waals surface area contributed by atoms with Crippen molar-refractivity contribution in [1.82, 2.24) is 0 Å². The summed E-state index contributed by atoms with van der Waals surface area (Å²) in [5.41, 5.74) is 6.30. The average molecular weight is 326 g/mol. The first-order valence-corrected chi connectivity index (χ1v) is 8.20. The third kappa shape index (κ3) is 2.83. The molecule has 0 aromatic heterocycles. The highest BCUT2D eigenvalue weighted by atomic mass is 32.2. The molecule has 0 bridgehead atoms. The SMILES string of the molecule is NCC1CN(c2cc(F)c(C3=CCSCC3)c(F)c2)C(=O)O1. The summed E-state index contributed by atoms with van der Waals surface area (Å²) in [5, 5.41) is 0. The summed E-state index contributed by atoms with van der Waals surface area (Å²) in [6.07, 6.45) is 1.41. The normalized spacial score (nSPS) is 21.8. The molecule has 118 valence electrons. The zero-order valence-electron chi connectivity index (χ0n) is 11.9. The van der Waals surface area contributed by atoms with Gasteiger partial charge in [0, 0.05) is 17.9 Å². The van der Waals surface area contributed by atoms with Crippen LogP contribution in [-0.4, -0.2) is 36.8 Å². The van der Waals surface area contributed by atoms with Gasteiger partial charge in [-0.25, -0.2) is 13.6 Å². The van der Waals surface area contributed by atoms with Crippen molar-refractivity contribution in [2.24, 2.45) is 5.73 Å². The van der Waals surface area contributed by atoms with Crippen LogP contribution >= 0.6 is 11.8 Å². The van der Waals surface area contributed by atoms with Crippen molar-refractivity contribution < 1.29 is 18.3 Å². The molecule has 3 rings (SSSR count). The molecule has 2 aliphatic rings. The van der Waals surface area contributed by atoms with Crippen LogP contribution in [0.4, 0.5) is 19.3 Å². The summed E-state index contributed by atoms with van der Waals surface area (Å²) in [4.78, 5) is 12.9. The van der Waals surface area contributed by atoms with E-state index in [1.807, 2.05) is 6.08 Å². The van der Waals surface area contributed by atoms with Crippen LogP contribution in [0.25, 0.3) is 5.57 Å². The molecule has 0 spiro atoms. The minimum atomic E-state index is -0.655. The van der Waals surface area contributed by atoms with Gasteiger partial charge in [0.15, 0.2) is 0 Å². The Hall–Kier alpha value is -1.60. The van der Waals surface area contributed by atoms with Gasteiger partial charge >= 0.3 is 6.09 Å². The molecule has 1 unspecified atom stereocenters. The van der Waals surface area contributed by atoms with Gasteiger partial charge in [0.1, 0.15) is 17.7 Å². The highest BCUT2D eigenvalue weighted by Gasteiger charge is 2.32. The van der Waals surface area contributed by atoms with Gasteiger partial charge in [0.25, 0.3) is 0 Å². The fourth-order valence-electron chi connectivity index (χ4n) is 2.63. The second kappa shape index (κ2) is 6.26. The van der Waals surface area contributed by atoms with E-state index in [0.29, 0.717) is 12.0 Å². The van der Waals surface area contributed by atoms with E-state index in [4.69, 9.17) is 10.5 Å². The Bertz CT molecular complexity index is 613. The smallest absolute Gasteiger partial charge is 0.414 e. The summed E-state index contributed by atoms with van der Waals surface area (Å²) in [7, 11) is 0. The number of allylic oxidation sites excluding steroid dienone is 1. The van der Waals surface area contributed by atoms with Crippen molar-refractivity contribution in [3.8, 4) is 0 Å². The zero-order chi connectivity index (χ0) is 15.7. The van der Waals surface area contributed by atoms with Gasteiger partial charge in [0.05, 0.1) is 12.2 Å². The Morgan fingerprint density at radius 1 is 1.36 bits per heavy atom. The van der Waals surface area contributed by atoms with Crippen LogP contribution < -0.4 is 10.6 Å². The molecule has 0 saturated carbocycles. The van der Waals surface area contributed by atoms with Crippen LogP contribution in [0.5, 0.6) is 0 Å². The molecular weight excluding hydrogens is 310 g/mol. The van der Waals surface area contributed by atoms with Gasteiger partial charge in [-0.1, -0.05) is 6.08 Å². The van der Waals surface area contributed by atoms with E-state index in [9.17, 15) is 13.6 Å². The maximum atomic E-state index is 14.4. The fourth-order valence-corrected chi connectivity index (χ4v) is 3.48. The fraction of sp³-hybridized carbons (Fsp3) is 0.400. The van der Waals surface area contributed by atoms with E-state index in [-0.39, 0.29) is 24.3 Å². The largest absolute Gasteiger partial charge is 0.443 e. The number of hydrogen-bond acceptors (Lipinski definition) is 4. The standard InChI is InChI=1S/C15H16F2N2O2S/c16-12-5-10(19-8-11(7-18)21-15(19)20)6-13(17)14(12)9-1-3-22-4-2-9/h1,5-6,11H,2-4,7-8,18H2. The summed E-state index contributed by atoms with van der Waals surface area (Å²) in [6.45, 7) is 0.378. The number of carbonyl (C=O) groups excluding carboxylic acids is 1. The maximum absolute atomic E-state index is 14.4. The monoisotopic (exact) mass is 326 g/mol. The number of amides is 1. The third-order valence-corrected chi connectivity index (χ3v) is 4.66. The Morgan fingerprint density at radius 2 is 2.09 bits per heavy atom. The Kier molecular flexibility index (Phi) is 4.35. The van der Waals surface area contributed by atoms with E-state index >= 15 is 0 Å². The number of carbonyl (C=O) groups is 1. The van der Waals surface area contributed by atoms with Gasteiger partial charge in [-0.3, -0.25) is 4.90 Å². The van der Waals surface area contributed by atoms with E-state index in [0.717, 1.165) is 11.5 Å². The lowest BCUT2D eigenvalue weighted by Gasteiger charge is -2.18. The highest BCUT2D eigenvalue weighted by molar-refractivity contribution is 7.99. The van der Waals surface area contributed by atoms with Crippen molar-refractivity contribution >= 4 is 29.1 Å². The maximum Gasteiger partial charge on any atom is 0.414 e. The Labute approximate surface area is 131 Å². The number of thioether (sulfide) groups is 1. The molecular formula is C15H16F2N2O2S. The summed E-state index contributed by atoms with van der Waals surface area (Å²) < 4.78 is 33.7. The number of nitrogens with two attached hydrogens (primary N) is 1. The molecule has 1 fully saturated rings. The van der Waals surface area contributed by atoms with Crippen LogP contribution in [0.2, 0.25) is 0 Å². The molecule has 22 heavy (non-hydrogen) atoms. The molecule has 0 radical (unpaired) electrons. The molecule has 1 aromatic rings. The van der Waals surface area contributed by atoms with Gasteiger partial charge in [-0.15, -0.1) is 0 Å². The third-order valence-electron chi connectivity index (χ3n) is 3.76. The zero-order valence-corrected chi connectivity index (χ0v) is 12.7. The van der Waals surface area contributed by atoms with Crippen molar-refractivity contribution in [3.05, 3.63) is 35.4 Å². The minimum Gasteiger partial charge on any atom is -0.443 e. The molecule has 0 aliphatic carbocycles.